The molecular formula is C9H16O2. The van der Waals surface area contributed by atoms with E-state index in [2.05, 4.69) is 6.58 Å². The number of aliphatic hydroxyl groups excluding tert-OH is 2. The average Bonchev–Trinajstić information content (AvgIpc) is 2.04. The lowest BCUT2D eigenvalue weighted by atomic mass is 9.83. The fraction of sp³-hybridized carbons (Fsp3) is 0.778. The predicted molar refractivity (Wildman–Crippen MR) is 44.2 cm³/mol. The molecule has 0 heterocycles. The molecule has 3 atom stereocenters. The van der Waals surface area contributed by atoms with Gasteiger partial charge in [-0.25, -0.2) is 0 Å². The lowest BCUT2D eigenvalue weighted by Gasteiger charge is -2.29. The molecule has 2 nitrogen and oxygen atoms in total. The predicted octanol–water partition coefficient (Wildman–Crippen LogP) is 1.08. The third kappa shape index (κ3) is 2.04. The van der Waals surface area contributed by atoms with Gasteiger partial charge in [-0.15, -0.1) is 6.58 Å². The van der Waals surface area contributed by atoms with Crippen LogP contribution in [0.3, 0.4) is 0 Å². The van der Waals surface area contributed by atoms with Crippen molar-refractivity contribution in [2.45, 2.75) is 37.9 Å². The minimum absolute atomic E-state index is 0.0289. The van der Waals surface area contributed by atoms with Crippen LogP contribution in [-0.2, 0) is 0 Å². The van der Waals surface area contributed by atoms with E-state index in [0.29, 0.717) is 0 Å². The molecule has 64 valence electrons. The lowest BCUT2D eigenvalue weighted by Crippen LogP contribution is -2.33. The van der Waals surface area contributed by atoms with Gasteiger partial charge in [0.25, 0.3) is 0 Å². The molecule has 0 saturated heterocycles. The van der Waals surface area contributed by atoms with Crippen molar-refractivity contribution in [1.29, 1.82) is 0 Å². The van der Waals surface area contributed by atoms with Crippen molar-refractivity contribution in [3.8, 4) is 0 Å². The van der Waals surface area contributed by atoms with E-state index in [0.717, 1.165) is 25.7 Å². The molecule has 2 heteroatoms. The molecule has 1 saturated carbocycles. The summed E-state index contributed by atoms with van der Waals surface area (Å²) in [5.41, 5.74) is 0. The minimum Gasteiger partial charge on any atom is -0.393 e. The van der Waals surface area contributed by atoms with E-state index >= 15 is 0 Å². The molecule has 1 aliphatic carbocycles. The first-order valence-corrected chi connectivity index (χ1v) is 4.24. The van der Waals surface area contributed by atoms with Crippen LogP contribution in [0, 0.1) is 5.92 Å². The lowest BCUT2D eigenvalue weighted by molar-refractivity contribution is 0.00787. The van der Waals surface area contributed by atoms with Crippen LogP contribution in [0.2, 0.25) is 0 Å². The van der Waals surface area contributed by atoms with Crippen molar-refractivity contribution in [2.75, 3.05) is 0 Å². The average molecular weight is 156 g/mol. The fourth-order valence-corrected chi connectivity index (χ4v) is 1.71. The molecule has 0 bridgehead atoms. The number of rotatable bonds is 2. The molecule has 1 aliphatic rings. The molecule has 0 amide bonds. The first kappa shape index (κ1) is 8.75. The molecule has 1 fully saturated rings. The summed E-state index contributed by atoms with van der Waals surface area (Å²) in [6, 6.07) is 0. The monoisotopic (exact) mass is 156 g/mol. The second-order valence-corrected chi connectivity index (χ2v) is 3.24. The van der Waals surface area contributed by atoms with Gasteiger partial charge in [0.05, 0.1) is 12.2 Å². The Balaban J connectivity index is 2.46. The Morgan fingerprint density at radius 1 is 1.36 bits per heavy atom. The Hall–Kier alpha value is -0.340. The zero-order chi connectivity index (χ0) is 8.27. The highest BCUT2D eigenvalue weighted by Crippen LogP contribution is 2.27. The molecule has 0 radical (unpaired) electrons. The number of aliphatic hydroxyl groups is 2. The number of hydrogen-bond acceptors (Lipinski definition) is 2. The molecule has 11 heavy (non-hydrogen) atoms. The third-order valence-electron chi connectivity index (χ3n) is 2.46. The quantitative estimate of drug-likeness (QED) is 0.587. The summed E-state index contributed by atoms with van der Waals surface area (Å²) in [4.78, 5) is 0. The first-order valence-electron chi connectivity index (χ1n) is 4.24. The van der Waals surface area contributed by atoms with E-state index in [1.807, 2.05) is 0 Å². The van der Waals surface area contributed by atoms with E-state index < -0.39 is 6.10 Å². The first-order chi connectivity index (χ1) is 5.25. The smallest absolute Gasteiger partial charge is 0.0771 e. The summed E-state index contributed by atoms with van der Waals surface area (Å²) in [7, 11) is 0. The normalized spacial score (nSPS) is 34.7. The largest absolute Gasteiger partial charge is 0.393 e. The van der Waals surface area contributed by atoms with E-state index in [1.54, 1.807) is 0 Å². The van der Waals surface area contributed by atoms with Crippen LogP contribution in [0.4, 0.5) is 0 Å². The van der Waals surface area contributed by atoms with Gasteiger partial charge in [-0.2, -0.15) is 0 Å². The SMILES string of the molecule is C=C[C@H](O)[C@H]1CCCC[C@@H]1O. The standard InChI is InChI=1S/C9H16O2/c1-2-8(10)7-5-3-4-6-9(7)11/h2,7-11H,1,3-6H2/t7-,8+,9+/m1/s1. The third-order valence-corrected chi connectivity index (χ3v) is 2.46. The van der Waals surface area contributed by atoms with Gasteiger partial charge in [0.2, 0.25) is 0 Å². The number of hydrogen-bond donors (Lipinski definition) is 2. The second kappa shape index (κ2) is 3.88. The highest BCUT2D eigenvalue weighted by molar-refractivity contribution is 4.89. The molecule has 0 aromatic heterocycles. The van der Waals surface area contributed by atoms with Crippen molar-refractivity contribution < 1.29 is 10.2 Å². The van der Waals surface area contributed by atoms with Crippen LogP contribution in [-0.4, -0.2) is 22.4 Å². The van der Waals surface area contributed by atoms with Crippen molar-refractivity contribution >= 4 is 0 Å². The van der Waals surface area contributed by atoms with E-state index in [-0.39, 0.29) is 12.0 Å². The molecule has 1 rings (SSSR count). The molecule has 0 unspecified atom stereocenters. The topological polar surface area (TPSA) is 40.5 Å². The Kier molecular flexibility index (Phi) is 3.09. The van der Waals surface area contributed by atoms with Gasteiger partial charge in [-0.05, 0) is 12.8 Å². The summed E-state index contributed by atoms with van der Waals surface area (Å²) < 4.78 is 0. The molecule has 0 aliphatic heterocycles. The Morgan fingerprint density at radius 2 is 2.00 bits per heavy atom. The van der Waals surface area contributed by atoms with Crippen LogP contribution in [0.1, 0.15) is 25.7 Å². The van der Waals surface area contributed by atoms with Gasteiger partial charge >= 0.3 is 0 Å². The minimum atomic E-state index is -0.523. The van der Waals surface area contributed by atoms with Gasteiger partial charge in [0, 0.05) is 5.92 Å². The van der Waals surface area contributed by atoms with E-state index in [9.17, 15) is 10.2 Å². The molecular weight excluding hydrogens is 140 g/mol. The maximum absolute atomic E-state index is 9.46. The van der Waals surface area contributed by atoms with Crippen LogP contribution in [0.5, 0.6) is 0 Å². The highest BCUT2D eigenvalue weighted by Gasteiger charge is 2.27. The summed E-state index contributed by atoms with van der Waals surface area (Å²) >= 11 is 0. The Bertz CT molecular complexity index is 134. The summed E-state index contributed by atoms with van der Waals surface area (Å²) in [6.45, 7) is 3.51. The van der Waals surface area contributed by atoms with Gasteiger partial charge in [0.15, 0.2) is 0 Å². The second-order valence-electron chi connectivity index (χ2n) is 3.24. The van der Waals surface area contributed by atoms with Crippen LogP contribution in [0.25, 0.3) is 0 Å². The zero-order valence-electron chi connectivity index (χ0n) is 6.74. The summed E-state index contributed by atoms with van der Waals surface area (Å²) in [6.07, 6.45) is 4.62. The maximum Gasteiger partial charge on any atom is 0.0771 e. The van der Waals surface area contributed by atoms with Crippen LogP contribution >= 0.6 is 0 Å². The van der Waals surface area contributed by atoms with Crippen molar-refractivity contribution in [3.05, 3.63) is 12.7 Å². The van der Waals surface area contributed by atoms with Crippen LogP contribution < -0.4 is 0 Å². The molecule has 0 aromatic carbocycles. The fourth-order valence-electron chi connectivity index (χ4n) is 1.71. The van der Waals surface area contributed by atoms with Crippen molar-refractivity contribution in [3.63, 3.8) is 0 Å². The van der Waals surface area contributed by atoms with Crippen molar-refractivity contribution in [2.24, 2.45) is 5.92 Å². The zero-order valence-corrected chi connectivity index (χ0v) is 6.74. The van der Waals surface area contributed by atoms with Gasteiger partial charge in [0.1, 0.15) is 0 Å². The maximum atomic E-state index is 9.46. The van der Waals surface area contributed by atoms with Crippen molar-refractivity contribution in [1.82, 2.24) is 0 Å². The van der Waals surface area contributed by atoms with Gasteiger partial charge in [-0.1, -0.05) is 18.9 Å². The molecule has 2 N–H and O–H groups in total. The molecule has 0 spiro atoms. The van der Waals surface area contributed by atoms with Gasteiger partial charge in [-0.3, -0.25) is 0 Å². The Labute approximate surface area is 67.6 Å². The highest BCUT2D eigenvalue weighted by atomic mass is 16.3. The van der Waals surface area contributed by atoms with E-state index in [4.69, 9.17) is 0 Å². The van der Waals surface area contributed by atoms with Gasteiger partial charge < -0.3 is 10.2 Å². The summed E-state index contributed by atoms with van der Waals surface area (Å²) in [5.74, 6) is 0.0289. The van der Waals surface area contributed by atoms with Crippen LogP contribution in [0.15, 0.2) is 12.7 Å². The Morgan fingerprint density at radius 3 is 2.55 bits per heavy atom. The summed E-state index contributed by atoms with van der Waals surface area (Å²) in [5, 5.41) is 18.8. The van der Waals surface area contributed by atoms with E-state index in [1.165, 1.54) is 6.08 Å². The molecule has 0 aromatic rings.